The van der Waals surface area contributed by atoms with Gasteiger partial charge in [-0.05, 0) is 34.1 Å². The Morgan fingerprint density at radius 1 is 1.14 bits per heavy atom. The van der Waals surface area contributed by atoms with Gasteiger partial charge in [-0.15, -0.1) is 0 Å². The molecule has 1 aromatic heterocycles. The summed E-state index contributed by atoms with van der Waals surface area (Å²) in [5, 5.41) is 0. The zero-order valence-electron chi connectivity index (χ0n) is 11.9. The number of rotatable bonds is 2. The number of hydrogen-bond donors (Lipinski definition) is 0. The molecule has 1 amide bonds. The third kappa shape index (κ3) is 3.11. The number of piperazine rings is 1. The van der Waals surface area contributed by atoms with E-state index in [1.165, 1.54) is 6.07 Å². The SMILES string of the molecule is O=C(c1cncc(Br)c1)N1CCN(c2ccccc2F)CC1. The Morgan fingerprint density at radius 2 is 1.86 bits per heavy atom. The fraction of sp³-hybridized carbons (Fsp3) is 0.250. The van der Waals surface area contributed by atoms with Crippen molar-refractivity contribution < 1.29 is 9.18 Å². The van der Waals surface area contributed by atoms with Gasteiger partial charge in [-0.1, -0.05) is 12.1 Å². The number of benzene rings is 1. The molecule has 0 N–H and O–H groups in total. The molecular formula is C16H15BrFN3O. The molecule has 0 aliphatic carbocycles. The molecule has 1 aromatic carbocycles. The minimum atomic E-state index is -0.224. The summed E-state index contributed by atoms with van der Waals surface area (Å²) < 4.78 is 14.6. The van der Waals surface area contributed by atoms with Crippen molar-refractivity contribution in [2.75, 3.05) is 31.1 Å². The second-order valence-corrected chi connectivity index (χ2v) is 6.04. The Bertz CT molecular complexity index is 687. The van der Waals surface area contributed by atoms with Crippen LogP contribution in [0.3, 0.4) is 0 Å². The molecule has 22 heavy (non-hydrogen) atoms. The first-order chi connectivity index (χ1) is 10.6. The number of halogens is 2. The maximum absolute atomic E-state index is 13.8. The van der Waals surface area contributed by atoms with E-state index in [1.54, 1.807) is 35.5 Å². The monoisotopic (exact) mass is 363 g/mol. The summed E-state index contributed by atoms with van der Waals surface area (Å²) in [6.07, 6.45) is 3.21. The second-order valence-electron chi connectivity index (χ2n) is 5.12. The number of hydrogen-bond acceptors (Lipinski definition) is 3. The maximum Gasteiger partial charge on any atom is 0.255 e. The smallest absolute Gasteiger partial charge is 0.255 e. The Kier molecular flexibility index (Phi) is 4.38. The van der Waals surface area contributed by atoms with Crippen LogP contribution in [0.25, 0.3) is 0 Å². The van der Waals surface area contributed by atoms with Crippen LogP contribution in [0, 0.1) is 5.82 Å². The van der Waals surface area contributed by atoms with E-state index in [-0.39, 0.29) is 11.7 Å². The lowest BCUT2D eigenvalue weighted by molar-refractivity contribution is 0.0746. The van der Waals surface area contributed by atoms with Crippen LogP contribution in [0.4, 0.5) is 10.1 Å². The third-order valence-corrected chi connectivity index (χ3v) is 4.15. The Morgan fingerprint density at radius 3 is 2.55 bits per heavy atom. The molecule has 1 aliphatic heterocycles. The van der Waals surface area contributed by atoms with Crippen molar-refractivity contribution in [1.82, 2.24) is 9.88 Å². The van der Waals surface area contributed by atoms with E-state index in [4.69, 9.17) is 0 Å². The molecule has 0 unspecified atom stereocenters. The molecule has 6 heteroatoms. The summed E-state index contributed by atoms with van der Waals surface area (Å²) in [5.41, 5.74) is 1.16. The molecule has 4 nitrogen and oxygen atoms in total. The normalized spacial score (nSPS) is 15.0. The molecule has 1 fully saturated rings. The average molecular weight is 364 g/mol. The van der Waals surface area contributed by atoms with Crippen LogP contribution in [0.15, 0.2) is 47.2 Å². The predicted molar refractivity (Wildman–Crippen MR) is 86.5 cm³/mol. The van der Waals surface area contributed by atoms with Crippen LogP contribution in [0.5, 0.6) is 0 Å². The van der Waals surface area contributed by atoms with Gasteiger partial charge >= 0.3 is 0 Å². The van der Waals surface area contributed by atoms with Crippen molar-refractivity contribution >= 4 is 27.5 Å². The molecule has 0 spiro atoms. The highest BCUT2D eigenvalue weighted by molar-refractivity contribution is 9.10. The molecule has 2 heterocycles. The number of carbonyl (C=O) groups excluding carboxylic acids is 1. The number of para-hydroxylation sites is 1. The quantitative estimate of drug-likeness (QED) is 0.822. The number of nitrogens with zero attached hydrogens (tertiary/aromatic N) is 3. The Labute approximate surface area is 136 Å². The topological polar surface area (TPSA) is 36.4 Å². The van der Waals surface area contributed by atoms with Gasteiger partial charge in [0.1, 0.15) is 5.82 Å². The van der Waals surface area contributed by atoms with Gasteiger partial charge in [0.2, 0.25) is 0 Å². The van der Waals surface area contributed by atoms with Gasteiger partial charge in [-0.2, -0.15) is 0 Å². The largest absolute Gasteiger partial charge is 0.366 e. The predicted octanol–water partition coefficient (Wildman–Crippen LogP) is 2.95. The standard InChI is InChI=1S/C16H15BrFN3O/c17-13-9-12(10-19-11-13)16(22)21-7-5-20(6-8-21)15-4-2-1-3-14(15)18/h1-4,9-11H,5-8H2. The first-order valence-corrected chi connectivity index (χ1v) is 7.84. The third-order valence-electron chi connectivity index (χ3n) is 3.71. The van der Waals surface area contributed by atoms with E-state index in [0.29, 0.717) is 37.4 Å². The minimum Gasteiger partial charge on any atom is -0.366 e. The molecule has 0 radical (unpaired) electrons. The van der Waals surface area contributed by atoms with E-state index in [2.05, 4.69) is 20.9 Å². The lowest BCUT2D eigenvalue weighted by Crippen LogP contribution is -2.49. The molecule has 2 aromatic rings. The number of amides is 1. The van der Waals surface area contributed by atoms with Gasteiger partial charge in [-0.25, -0.2) is 4.39 Å². The fourth-order valence-corrected chi connectivity index (χ4v) is 2.93. The molecule has 1 aliphatic rings. The van der Waals surface area contributed by atoms with Crippen molar-refractivity contribution in [3.8, 4) is 0 Å². The summed E-state index contributed by atoms with van der Waals surface area (Å²) in [7, 11) is 0. The molecule has 0 bridgehead atoms. The van der Waals surface area contributed by atoms with Crippen LogP contribution in [0.1, 0.15) is 10.4 Å². The van der Waals surface area contributed by atoms with Crippen LogP contribution in [0.2, 0.25) is 0 Å². The van der Waals surface area contributed by atoms with Gasteiger partial charge in [0.15, 0.2) is 0 Å². The van der Waals surface area contributed by atoms with Crippen LogP contribution < -0.4 is 4.90 Å². The number of aromatic nitrogens is 1. The first kappa shape index (κ1) is 15.0. The lowest BCUT2D eigenvalue weighted by atomic mass is 10.2. The van der Waals surface area contributed by atoms with Gasteiger partial charge in [0.25, 0.3) is 5.91 Å². The molecule has 0 atom stereocenters. The highest BCUT2D eigenvalue weighted by atomic mass is 79.9. The molecule has 1 saturated heterocycles. The van der Waals surface area contributed by atoms with Crippen molar-refractivity contribution in [3.63, 3.8) is 0 Å². The van der Waals surface area contributed by atoms with Crippen molar-refractivity contribution in [1.29, 1.82) is 0 Å². The van der Waals surface area contributed by atoms with Gasteiger partial charge in [0, 0.05) is 43.0 Å². The number of anilines is 1. The van der Waals surface area contributed by atoms with Crippen LogP contribution in [-0.4, -0.2) is 42.0 Å². The van der Waals surface area contributed by atoms with Crippen molar-refractivity contribution in [2.45, 2.75) is 0 Å². The maximum atomic E-state index is 13.8. The zero-order chi connectivity index (χ0) is 15.5. The highest BCUT2D eigenvalue weighted by Gasteiger charge is 2.23. The van der Waals surface area contributed by atoms with E-state index >= 15 is 0 Å². The van der Waals surface area contributed by atoms with E-state index < -0.39 is 0 Å². The van der Waals surface area contributed by atoms with E-state index in [9.17, 15) is 9.18 Å². The summed E-state index contributed by atoms with van der Waals surface area (Å²) in [5.74, 6) is -0.263. The number of carbonyl (C=O) groups is 1. The summed E-state index contributed by atoms with van der Waals surface area (Å²) in [4.78, 5) is 20.2. The first-order valence-electron chi connectivity index (χ1n) is 7.04. The van der Waals surface area contributed by atoms with Crippen molar-refractivity contribution in [2.24, 2.45) is 0 Å². The van der Waals surface area contributed by atoms with Gasteiger partial charge in [-0.3, -0.25) is 9.78 Å². The van der Waals surface area contributed by atoms with Crippen LogP contribution >= 0.6 is 15.9 Å². The van der Waals surface area contributed by atoms with E-state index in [1.807, 2.05) is 11.0 Å². The Balaban J connectivity index is 1.67. The van der Waals surface area contributed by atoms with Crippen LogP contribution in [-0.2, 0) is 0 Å². The molecule has 3 rings (SSSR count). The summed E-state index contributed by atoms with van der Waals surface area (Å²) in [6.45, 7) is 2.38. The van der Waals surface area contributed by atoms with Gasteiger partial charge in [0.05, 0.1) is 11.3 Å². The fourth-order valence-electron chi connectivity index (χ4n) is 2.57. The minimum absolute atomic E-state index is 0.0398. The molecule has 0 saturated carbocycles. The average Bonchev–Trinajstić information content (AvgIpc) is 2.55. The number of pyridine rings is 1. The lowest BCUT2D eigenvalue weighted by Gasteiger charge is -2.36. The van der Waals surface area contributed by atoms with Crippen molar-refractivity contribution in [3.05, 3.63) is 58.6 Å². The summed E-state index contributed by atoms with van der Waals surface area (Å²) in [6, 6.07) is 8.49. The zero-order valence-corrected chi connectivity index (χ0v) is 13.5. The molecule has 114 valence electrons. The molecular weight excluding hydrogens is 349 g/mol. The van der Waals surface area contributed by atoms with E-state index in [0.717, 1.165) is 4.47 Å². The second kappa shape index (κ2) is 6.44. The van der Waals surface area contributed by atoms with Gasteiger partial charge < -0.3 is 9.80 Å². The Hall–Kier alpha value is -1.95. The summed E-state index contributed by atoms with van der Waals surface area (Å²) >= 11 is 3.32. The highest BCUT2D eigenvalue weighted by Crippen LogP contribution is 2.21.